The highest BCUT2D eigenvalue weighted by Gasteiger charge is 2.25. The molecule has 0 atom stereocenters. The van der Waals surface area contributed by atoms with E-state index in [9.17, 15) is 13.2 Å². The molecule has 0 aliphatic carbocycles. The van der Waals surface area contributed by atoms with Crippen LogP contribution in [0, 0.1) is 0 Å². The Hall–Kier alpha value is -1.45. The van der Waals surface area contributed by atoms with Crippen molar-refractivity contribution in [3.63, 3.8) is 0 Å². The van der Waals surface area contributed by atoms with Crippen LogP contribution in [0.25, 0.3) is 0 Å². The number of esters is 1. The summed E-state index contributed by atoms with van der Waals surface area (Å²) in [5, 5.41) is 14.0. The van der Waals surface area contributed by atoms with Crippen LogP contribution >= 0.6 is 0 Å². The van der Waals surface area contributed by atoms with Crippen molar-refractivity contribution < 1.29 is 23.1 Å². The summed E-state index contributed by atoms with van der Waals surface area (Å²) >= 11 is 0. The maximum atomic E-state index is 11.8. The van der Waals surface area contributed by atoms with Crippen LogP contribution in [0.2, 0.25) is 0 Å². The van der Waals surface area contributed by atoms with Crippen LogP contribution in [0.15, 0.2) is 11.2 Å². The lowest BCUT2D eigenvalue weighted by molar-refractivity contribution is 0.0522. The molecule has 102 valence electrons. The van der Waals surface area contributed by atoms with E-state index in [0.29, 0.717) is 0 Å². The van der Waals surface area contributed by atoms with Crippen LogP contribution in [-0.4, -0.2) is 49.4 Å². The first-order chi connectivity index (χ1) is 8.53. The SMILES string of the molecule is CCOC(=O)c1cn[nH]c1S(=O)(=O)NCCCO. The van der Waals surface area contributed by atoms with E-state index in [1.807, 2.05) is 0 Å². The van der Waals surface area contributed by atoms with Gasteiger partial charge in [-0.05, 0) is 13.3 Å². The number of nitrogens with zero attached hydrogens (tertiary/aromatic N) is 1. The molecule has 0 bridgehead atoms. The molecule has 0 fully saturated rings. The Balaban J connectivity index is 2.89. The van der Waals surface area contributed by atoms with E-state index in [2.05, 4.69) is 14.9 Å². The van der Waals surface area contributed by atoms with Crippen LogP contribution in [-0.2, 0) is 14.8 Å². The molecule has 0 unspecified atom stereocenters. The summed E-state index contributed by atoms with van der Waals surface area (Å²) in [6.45, 7) is 1.70. The minimum Gasteiger partial charge on any atom is -0.462 e. The average Bonchev–Trinajstić information content (AvgIpc) is 2.79. The Morgan fingerprint density at radius 3 is 2.94 bits per heavy atom. The molecule has 1 rings (SSSR count). The molecule has 0 radical (unpaired) electrons. The van der Waals surface area contributed by atoms with E-state index >= 15 is 0 Å². The monoisotopic (exact) mass is 277 g/mol. The summed E-state index contributed by atoms with van der Waals surface area (Å²) in [5.74, 6) is -0.756. The number of carbonyl (C=O) groups is 1. The molecule has 18 heavy (non-hydrogen) atoms. The lowest BCUT2D eigenvalue weighted by atomic mass is 10.4. The molecule has 1 aromatic rings. The molecule has 0 aromatic carbocycles. The largest absolute Gasteiger partial charge is 0.462 e. The number of aliphatic hydroxyl groups is 1. The Bertz CT molecular complexity index is 496. The van der Waals surface area contributed by atoms with Gasteiger partial charge in [0.05, 0.1) is 12.8 Å². The van der Waals surface area contributed by atoms with Crippen molar-refractivity contribution in [1.82, 2.24) is 14.9 Å². The Morgan fingerprint density at radius 1 is 1.61 bits per heavy atom. The Kier molecular flexibility index (Phi) is 5.25. The predicted molar refractivity (Wildman–Crippen MR) is 61.4 cm³/mol. The standard InChI is InChI=1S/C9H15N3O5S/c1-2-17-9(14)7-6-10-12-8(7)18(15,16)11-4-3-5-13/h6,11,13H,2-5H2,1H3,(H,10,12). The van der Waals surface area contributed by atoms with Crippen molar-refractivity contribution in [3.8, 4) is 0 Å². The lowest BCUT2D eigenvalue weighted by Gasteiger charge is -2.05. The second-order valence-electron chi connectivity index (χ2n) is 3.31. The molecule has 9 heteroatoms. The van der Waals surface area contributed by atoms with Crippen LogP contribution in [0.5, 0.6) is 0 Å². The molecule has 0 amide bonds. The van der Waals surface area contributed by atoms with Gasteiger partial charge in [-0.1, -0.05) is 0 Å². The summed E-state index contributed by atoms with van der Waals surface area (Å²) < 4.78 is 30.6. The number of carbonyl (C=O) groups excluding carboxylic acids is 1. The minimum atomic E-state index is -3.86. The number of aromatic amines is 1. The second-order valence-corrected chi connectivity index (χ2v) is 5.01. The summed E-state index contributed by atoms with van der Waals surface area (Å²) in [6, 6.07) is 0. The van der Waals surface area contributed by atoms with E-state index in [4.69, 9.17) is 9.84 Å². The van der Waals surface area contributed by atoms with Crippen molar-refractivity contribution in [2.45, 2.75) is 18.4 Å². The van der Waals surface area contributed by atoms with Gasteiger partial charge in [0.2, 0.25) is 0 Å². The number of ether oxygens (including phenoxy) is 1. The summed E-state index contributed by atoms with van der Waals surface area (Å²) in [6.07, 6.45) is 1.38. The molecule has 0 saturated heterocycles. The van der Waals surface area contributed by atoms with Crippen molar-refractivity contribution in [2.75, 3.05) is 19.8 Å². The fourth-order valence-electron chi connectivity index (χ4n) is 1.19. The highest BCUT2D eigenvalue weighted by atomic mass is 32.2. The normalized spacial score (nSPS) is 11.4. The number of aliphatic hydroxyl groups excluding tert-OH is 1. The van der Waals surface area contributed by atoms with E-state index in [-0.39, 0.29) is 36.8 Å². The number of H-pyrrole nitrogens is 1. The fourth-order valence-corrected chi connectivity index (χ4v) is 2.35. The van der Waals surface area contributed by atoms with E-state index in [1.165, 1.54) is 0 Å². The van der Waals surface area contributed by atoms with Gasteiger partial charge in [-0.3, -0.25) is 5.10 Å². The minimum absolute atomic E-state index is 0.0696. The molecule has 0 aliphatic rings. The second kappa shape index (κ2) is 6.47. The lowest BCUT2D eigenvalue weighted by Crippen LogP contribution is -2.27. The Morgan fingerprint density at radius 2 is 2.33 bits per heavy atom. The number of nitrogens with one attached hydrogen (secondary N) is 2. The zero-order valence-electron chi connectivity index (χ0n) is 9.84. The van der Waals surface area contributed by atoms with Gasteiger partial charge in [0.15, 0.2) is 5.03 Å². The van der Waals surface area contributed by atoms with Crippen molar-refractivity contribution in [2.24, 2.45) is 0 Å². The van der Waals surface area contributed by atoms with Crippen LogP contribution in [0.3, 0.4) is 0 Å². The fraction of sp³-hybridized carbons (Fsp3) is 0.556. The maximum Gasteiger partial charge on any atom is 0.342 e. The number of aromatic nitrogens is 2. The smallest absolute Gasteiger partial charge is 0.342 e. The molecule has 3 N–H and O–H groups in total. The van der Waals surface area contributed by atoms with Gasteiger partial charge in [0.25, 0.3) is 10.0 Å². The van der Waals surface area contributed by atoms with Gasteiger partial charge in [-0.15, -0.1) is 0 Å². The first-order valence-electron chi connectivity index (χ1n) is 5.34. The molecule has 0 saturated carbocycles. The van der Waals surface area contributed by atoms with Gasteiger partial charge in [0.1, 0.15) is 5.56 Å². The third kappa shape index (κ3) is 3.52. The number of sulfonamides is 1. The van der Waals surface area contributed by atoms with E-state index in [1.54, 1.807) is 6.92 Å². The Labute approximate surface area is 104 Å². The van der Waals surface area contributed by atoms with Crippen LogP contribution in [0.4, 0.5) is 0 Å². The van der Waals surface area contributed by atoms with Gasteiger partial charge < -0.3 is 9.84 Å². The summed E-state index contributed by atoms with van der Waals surface area (Å²) in [4.78, 5) is 11.5. The zero-order valence-corrected chi connectivity index (χ0v) is 10.7. The first-order valence-corrected chi connectivity index (χ1v) is 6.82. The molecular formula is C9H15N3O5S. The van der Waals surface area contributed by atoms with Gasteiger partial charge in [-0.2, -0.15) is 5.10 Å². The molecule has 8 nitrogen and oxygen atoms in total. The van der Waals surface area contributed by atoms with Crippen molar-refractivity contribution in [3.05, 3.63) is 11.8 Å². The number of hydrogen-bond acceptors (Lipinski definition) is 6. The number of rotatable bonds is 7. The third-order valence-corrected chi connectivity index (χ3v) is 3.43. The maximum absolute atomic E-state index is 11.8. The highest BCUT2D eigenvalue weighted by molar-refractivity contribution is 7.89. The molecule has 0 spiro atoms. The highest BCUT2D eigenvalue weighted by Crippen LogP contribution is 2.12. The number of hydrogen-bond donors (Lipinski definition) is 3. The quantitative estimate of drug-likeness (QED) is 0.445. The zero-order chi connectivity index (χ0) is 13.6. The van der Waals surface area contributed by atoms with Gasteiger partial charge >= 0.3 is 5.97 Å². The van der Waals surface area contributed by atoms with E-state index in [0.717, 1.165) is 6.20 Å². The van der Waals surface area contributed by atoms with Crippen LogP contribution < -0.4 is 4.72 Å². The first kappa shape index (κ1) is 14.6. The van der Waals surface area contributed by atoms with E-state index < -0.39 is 16.0 Å². The molecule has 1 heterocycles. The molecular weight excluding hydrogens is 262 g/mol. The van der Waals surface area contributed by atoms with Crippen LogP contribution in [0.1, 0.15) is 23.7 Å². The average molecular weight is 277 g/mol. The predicted octanol–water partition coefficient (Wildman–Crippen LogP) is -0.753. The van der Waals surface area contributed by atoms with Crippen molar-refractivity contribution >= 4 is 16.0 Å². The topological polar surface area (TPSA) is 121 Å². The molecule has 0 aliphatic heterocycles. The van der Waals surface area contributed by atoms with Gasteiger partial charge in [-0.25, -0.2) is 17.9 Å². The van der Waals surface area contributed by atoms with Crippen molar-refractivity contribution in [1.29, 1.82) is 0 Å². The summed E-state index contributed by atoms with van der Waals surface area (Å²) in [7, 11) is -3.86. The third-order valence-electron chi connectivity index (χ3n) is 2.00. The van der Waals surface area contributed by atoms with Gasteiger partial charge in [0, 0.05) is 13.2 Å². The molecule has 1 aromatic heterocycles. The summed E-state index contributed by atoms with van der Waals surface area (Å²) in [5.41, 5.74) is -0.145.